The van der Waals surface area contributed by atoms with Gasteiger partial charge in [-0.15, -0.1) is 0 Å². The van der Waals surface area contributed by atoms with Gasteiger partial charge in [0, 0.05) is 11.8 Å². The summed E-state index contributed by atoms with van der Waals surface area (Å²) < 4.78 is 6.91. The third-order valence-corrected chi connectivity index (χ3v) is 3.31. The Morgan fingerprint density at radius 2 is 2.00 bits per heavy atom. The second kappa shape index (κ2) is 4.76. The zero-order valence-corrected chi connectivity index (χ0v) is 11.4. The van der Waals surface area contributed by atoms with Gasteiger partial charge in [-0.25, -0.2) is 9.48 Å². The second-order valence-electron chi connectivity index (χ2n) is 4.40. The molecule has 0 atom stereocenters. The number of carbonyl (C=O) groups is 1. The molecule has 0 saturated heterocycles. The summed E-state index contributed by atoms with van der Waals surface area (Å²) >= 11 is 0. The SMILES string of the molecule is COc1cc(-n2nc(C)c(C)c2C)ccc1C(=O)O. The smallest absolute Gasteiger partial charge is 0.339 e. The molecule has 5 heteroatoms. The molecule has 0 aliphatic heterocycles. The van der Waals surface area contributed by atoms with Gasteiger partial charge < -0.3 is 9.84 Å². The Hall–Kier alpha value is -2.30. The maximum Gasteiger partial charge on any atom is 0.339 e. The van der Waals surface area contributed by atoms with Crippen molar-refractivity contribution in [2.24, 2.45) is 0 Å². The van der Waals surface area contributed by atoms with Crippen LogP contribution in [0.4, 0.5) is 0 Å². The fraction of sp³-hybridized carbons (Fsp3) is 0.286. The number of rotatable bonds is 3. The van der Waals surface area contributed by atoms with Crippen molar-refractivity contribution in [3.8, 4) is 11.4 Å². The first-order valence-corrected chi connectivity index (χ1v) is 5.90. The lowest BCUT2D eigenvalue weighted by atomic mass is 10.1. The molecule has 0 spiro atoms. The Bertz CT molecular complexity index is 644. The zero-order chi connectivity index (χ0) is 14.2. The van der Waals surface area contributed by atoms with Gasteiger partial charge in [-0.1, -0.05) is 0 Å². The zero-order valence-electron chi connectivity index (χ0n) is 11.4. The number of aromatic nitrogens is 2. The molecule has 0 aliphatic rings. The number of hydrogen-bond acceptors (Lipinski definition) is 3. The number of benzene rings is 1. The van der Waals surface area contributed by atoms with E-state index >= 15 is 0 Å². The first-order valence-electron chi connectivity index (χ1n) is 5.90. The lowest BCUT2D eigenvalue weighted by Gasteiger charge is -2.09. The normalized spacial score (nSPS) is 10.5. The van der Waals surface area contributed by atoms with Crippen molar-refractivity contribution in [1.82, 2.24) is 9.78 Å². The molecule has 2 rings (SSSR count). The van der Waals surface area contributed by atoms with Crippen molar-refractivity contribution in [2.45, 2.75) is 20.8 Å². The van der Waals surface area contributed by atoms with Crippen molar-refractivity contribution < 1.29 is 14.6 Å². The number of methoxy groups -OCH3 is 1. The van der Waals surface area contributed by atoms with E-state index in [1.165, 1.54) is 13.2 Å². The first-order chi connectivity index (χ1) is 8.95. The Labute approximate surface area is 111 Å². The van der Waals surface area contributed by atoms with Crippen LogP contribution in [0.15, 0.2) is 18.2 Å². The topological polar surface area (TPSA) is 64.4 Å². The molecule has 2 aromatic rings. The number of carboxylic acid groups (broad SMARTS) is 1. The number of carboxylic acids is 1. The van der Waals surface area contributed by atoms with Gasteiger partial charge in [0.25, 0.3) is 0 Å². The van der Waals surface area contributed by atoms with E-state index in [1.807, 2.05) is 20.8 Å². The molecule has 0 radical (unpaired) electrons. The fourth-order valence-corrected chi connectivity index (χ4v) is 1.96. The number of hydrogen-bond donors (Lipinski definition) is 1. The molecular formula is C14H16N2O3. The number of aromatic carboxylic acids is 1. The van der Waals surface area contributed by atoms with Gasteiger partial charge in [-0.3, -0.25) is 0 Å². The maximum atomic E-state index is 11.1. The molecule has 0 amide bonds. The van der Waals surface area contributed by atoms with E-state index in [4.69, 9.17) is 9.84 Å². The molecule has 0 unspecified atom stereocenters. The maximum absolute atomic E-state index is 11.1. The van der Waals surface area contributed by atoms with E-state index in [0.717, 1.165) is 22.6 Å². The van der Waals surface area contributed by atoms with Crippen molar-refractivity contribution in [1.29, 1.82) is 0 Å². The molecule has 1 heterocycles. The molecule has 0 saturated carbocycles. The summed E-state index contributed by atoms with van der Waals surface area (Å²) in [5.74, 6) is -0.678. The minimum atomic E-state index is -1.01. The molecular weight excluding hydrogens is 244 g/mol. The summed E-state index contributed by atoms with van der Waals surface area (Å²) in [7, 11) is 1.46. The predicted molar refractivity (Wildman–Crippen MR) is 71.3 cm³/mol. The van der Waals surface area contributed by atoms with Crippen molar-refractivity contribution >= 4 is 5.97 Å². The molecule has 1 N–H and O–H groups in total. The highest BCUT2D eigenvalue weighted by molar-refractivity contribution is 5.91. The largest absolute Gasteiger partial charge is 0.496 e. The molecule has 1 aromatic carbocycles. The van der Waals surface area contributed by atoms with E-state index in [9.17, 15) is 4.79 Å². The Morgan fingerprint density at radius 1 is 1.32 bits per heavy atom. The fourth-order valence-electron chi connectivity index (χ4n) is 1.96. The third-order valence-electron chi connectivity index (χ3n) is 3.31. The summed E-state index contributed by atoms with van der Waals surface area (Å²) in [4.78, 5) is 11.1. The van der Waals surface area contributed by atoms with Crippen molar-refractivity contribution in [3.05, 3.63) is 40.7 Å². The second-order valence-corrected chi connectivity index (χ2v) is 4.40. The van der Waals surface area contributed by atoms with Crippen LogP contribution < -0.4 is 4.74 Å². The first kappa shape index (κ1) is 13.1. The quantitative estimate of drug-likeness (QED) is 0.920. The summed E-state index contributed by atoms with van der Waals surface area (Å²) in [5.41, 5.74) is 4.04. The van der Waals surface area contributed by atoms with Crippen LogP contribution in [-0.4, -0.2) is 28.0 Å². The van der Waals surface area contributed by atoms with Gasteiger partial charge in [0.2, 0.25) is 0 Å². The summed E-state index contributed by atoms with van der Waals surface area (Å²) in [6.45, 7) is 5.94. The van der Waals surface area contributed by atoms with Crippen LogP contribution in [-0.2, 0) is 0 Å². The minimum absolute atomic E-state index is 0.143. The van der Waals surface area contributed by atoms with Crippen molar-refractivity contribution in [2.75, 3.05) is 7.11 Å². The average molecular weight is 260 g/mol. The summed E-state index contributed by atoms with van der Waals surface area (Å²) in [6, 6.07) is 4.94. The van der Waals surface area contributed by atoms with E-state index in [-0.39, 0.29) is 5.56 Å². The number of aryl methyl sites for hydroxylation is 1. The van der Waals surface area contributed by atoms with E-state index in [0.29, 0.717) is 5.75 Å². The lowest BCUT2D eigenvalue weighted by Crippen LogP contribution is -2.04. The van der Waals surface area contributed by atoms with Gasteiger partial charge >= 0.3 is 5.97 Å². The molecule has 0 aliphatic carbocycles. The molecule has 19 heavy (non-hydrogen) atoms. The highest BCUT2D eigenvalue weighted by Gasteiger charge is 2.14. The van der Waals surface area contributed by atoms with Gasteiger partial charge in [0.05, 0.1) is 18.5 Å². The van der Waals surface area contributed by atoms with Crippen LogP contribution in [0.5, 0.6) is 5.75 Å². The molecule has 1 aromatic heterocycles. The van der Waals surface area contributed by atoms with Crippen LogP contribution in [0.25, 0.3) is 5.69 Å². The molecule has 0 fully saturated rings. The Balaban J connectivity index is 2.58. The van der Waals surface area contributed by atoms with E-state index in [1.54, 1.807) is 16.8 Å². The van der Waals surface area contributed by atoms with Gasteiger partial charge in [-0.2, -0.15) is 5.10 Å². The van der Waals surface area contributed by atoms with E-state index in [2.05, 4.69) is 5.10 Å². The van der Waals surface area contributed by atoms with Gasteiger partial charge in [-0.05, 0) is 38.5 Å². The standard InChI is InChI=1S/C14H16N2O3/c1-8-9(2)15-16(10(8)3)11-5-6-12(14(17)18)13(7-11)19-4/h5-7H,1-4H3,(H,17,18). The number of ether oxygens (including phenoxy) is 1. The minimum Gasteiger partial charge on any atom is -0.496 e. The van der Waals surface area contributed by atoms with E-state index < -0.39 is 5.97 Å². The Morgan fingerprint density at radius 3 is 2.47 bits per heavy atom. The van der Waals surface area contributed by atoms with Crippen LogP contribution in [0.2, 0.25) is 0 Å². The summed E-state index contributed by atoms with van der Waals surface area (Å²) in [6.07, 6.45) is 0. The highest BCUT2D eigenvalue weighted by Crippen LogP contribution is 2.24. The summed E-state index contributed by atoms with van der Waals surface area (Å²) in [5, 5.41) is 13.5. The van der Waals surface area contributed by atoms with Gasteiger partial charge in [0.1, 0.15) is 11.3 Å². The van der Waals surface area contributed by atoms with Crippen LogP contribution >= 0.6 is 0 Å². The number of nitrogens with zero attached hydrogens (tertiary/aromatic N) is 2. The lowest BCUT2D eigenvalue weighted by molar-refractivity contribution is 0.0693. The molecule has 0 bridgehead atoms. The molecule has 5 nitrogen and oxygen atoms in total. The van der Waals surface area contributed by atoms with Gasteiger partial charge in [0.15, 0.2) is 0 Å². The molecule has 100 valence electrons. The monoisotopic (exact) mass is 260 g/mol. The van der Waals surface area contributed by atoms with Crippen LogP contribution in [0, 0.1) is 20.8 Å². The predicted octanol–water partition coefficient (Wildman–Crippen LogP) is 2.50. The average Bonchev–Trinajstić information content (AvgIpc) is 2.65. The Kier molecular flexibility index (Phi) is 3.29. The van der Waals surface area contributed by atoms with Crippen LogP contribution in [0.1, 0.15) is 27.3 Å². The highest BCUT2D eigenvalue weighted by atomic mass is 16.5. The van der Waals surface area contributed by atoms with Crippen molar-refractivity contribution in [3.63, 3.8) is 0 Å². The third kappa shape index (κ3) is 2.19. The van der Waals surface area contributed by atoms with Crippen LogP contribution in [0.3, 0.4) is 0 Å².